The van der Waals surface area contributed by atoms with Gasteiger partial charge in [0.05, 0.1) is 41.9 Å². The maximum Gasteiger partial charge on any atom is 0.290 e. The number of nitrogens with one attached hydrogen (secondary N) is 1. The van der Waals surface area contributed by atoms with Crippen LogP contribution in [-0.4, -0.2) is 66.0 Å². The number of aliphatic hydroxyl groups excluding tert-OH is 1. The van der Waals surface area contributed by atoms with E-state index in [0.29, 0.717) is 26.2 Å². The van der Waals surface area contributed by atoms with Crippen LogP contribution in [0.3, 0.4) is 0 Å². The first-order chi connectivity index (χ1) is 13.4. The van der Waals surface area contributed by atoms with E-state index in [4.69, 9.17) is 4.74 Å². The third-order valence-corrected chi connectivity index (χ3v) is 5.24. The summed E-state index contributed by atoms with van der Waals surface area (Å²) in [5.74, 6) is -1.75. The number of ether oxygens (including phenoxy) is 1. The number of amides is 1. The summed E-state index contributed by atoms with van der Waals surface area (Å²) in [6, 6.07) is 5.06. The first kappa shape index (κ1) is 20.0. The number of para-hydroxylation sites is 1. The molecule has 1 atom stereocenters. The standard InChI is InChI=1S/C19H23N3O6/c1-13(23)16-17(14-5-2-3-6-15(14)22(26)27)21(19(25)18(16)24)8-4-7-20-9-11-28-12-10-20/h2-3,5-6,17,24H,4,7-12H2,1H3/p+1/t17-/m0/s1. The summed E-state index contributed by atoms with van der Waals surface area (Å²) in [7, 11) is 0. The molecular formula is C19H24N3O6+. The Morgan fingerprint density at radius 3 is 2.68 bits per heavy atom. The lowest BCUT2D eigenvalue weighted by Crippen LogP contribution is -3.14. The minimum atomic E-state index is -0.953. The number of nitrogens with zero attached hydrogens (tertiary/aromatic N) is 2. The largest absolute Gasteiger partial charge is 0.503 e. The van der Waals surface area contributed by atoms with Crippen LogP contribution in [0.15, 0.2) is 35.6 Å². The molecule has 1 aromatic rings. The molecule has 3 rings (SSSR count). The summed E-state index contributed by atoms with van der Waals surface area (Å²) in [6.07, 6.45) is 0.649. The molecule has 2 aliphatic heterocycles. The van der Waals surface area contributed by atoms with Gasteiger partial charge in [-0.2, -0.15) is 0 Å². The minimum absolute atomic E-state index is 0.0852. The van der Waals surface area contributed by atoms with E-state index >= 15 is 0 Å². The Balaban J connectivity index is 1.87. The Bertz CT molecular complexity index is 816. The first-order valence-corrected chi connectivity index (χ1v) is 9.31. The van der Waals surface area contributed by atoms with Gasteiger partial charge in [-0.15, -0.1) is 0 Å². The predicted molar refractivity (Wildman–Crippen MR) is 98.9 cm³/mol. The number of carbonyl (C=O) groups excluding carboxylic acids is 2. The van der Waals surface area contributed by atoms with E-state index in [1.165, 1.54) is 34.9 Å². The van der Waals surface area contributed by atoms with Crippen molar-refractivity contribution in [2.45, 2.75) is 19.4 Å². The van der Waals surface area contributed by atoms with E-state index in [2.05, 4.69) is 0 Å². The van der Waals surface area contributed by atoms with E-state index in [1.807, 2.05) is 0 Å². The fraction of sp³-hybridized carbons (Fsp3) is 0.474. The van der Waals surface area contributed by atoms with Gasteiger partial charge in [0.15, 0.2) is 11.5 Å². The van der Waals surface area contributed by atoms with Gasteiger partial charge >= 0.3 is 0 Å². The molecule has 0 radical (unpaired) electrons. The molecule has 0 unspecified atom stereocenters. The second-order valence-corrected chi connectivity index (χ2v) is 7.00. The lowest BCUT2D eigenvalue weighted by molar-refractivity contribution is -0.908. The number of nitro benzene ring substituents is 1. The van der Waals surface area contributed by atoms with Crippen molar-refractivity contribution in [3.8, 4) is 0 Å². The van der Waals surface area contributed by atoms with Crippen molar-refractivity contribution in [2.75, 3.05) is 39.4 Å². The zero-order valence-electron chi connectivity index (χ0n) is 15.7. The summed E-state index contributed by atoms with van der Waals surface area (Å²) in [5.41, 5.74) is -0.0376. The second kappa shape index (κ2) is 8.49. The predicted octanol–water partition coefficient (Wildman–Crippen LogP) is 0.184. The van der Waals surface area contributed by atoms with Gasteiger partial charge in [0, 0.05) is 19.0 Å². The van der Waals surface area contributed by atoms with Crippen molar-refractivity contribution in [1.29, 1.82) is 0 Å². The molecule has 28 heavy (non-hydrogen) atoms. The van der Waals surface area contributed by atoms with E-state index in [0.717, 1.165) is 19.6 Å². The zero-order chi connectivity index (χ0) is 20.3. The van der Waals surface area contributed by atoms with Crippen LogP contribution < -0.4 is 4.90 Å². The number of Topliss-reactive ketones (excluding diaryl/α,β-unsaturated/α-hetero) is 1. The lowest BCUT2D eigenvalue weighted by atomic mass is 9.95. The van der Waals surface area contributed by atoms with Crippen molar-refractivity contribution in [3.05, 3.63) is 51.3 Å². The molecule has 1 fully saturated rings. The summed E-state index contributed by atoms with van der Waals surface area (Å²) in [5, 5.41) is 21.8. The molecule has 1 amide bonds. The molecule has 0 aromatic heterocycles. The summed E-state index contributed by atoms with van der Waals surface area (Å²) in [4.78, 5) is 38.4. The van der Waals surface area contributed by atoms with Gasteiger partial charge < -0.3 is 19.6 Å². The molecule has 1 aromatic carbocycles. The molecule has 0 saturated carbocycles. The molecule has 150 valence electrons. The number of hydrogen-bond donors (Lipinski definition) is 2. The highest BCUT2D eigenvalue weighted by Gasteiger charge is 2.44. The van der Waals surface area contributed by atoms with Gasteiger partial charge in [-0.1, -0.05) is 12.1 Å². The van der Waals surface area contributed by atoms with Crippen molar-refractivity contribution >= 4 is 17.4 Å². The van der Waals surface area contributed by atoms with Gasteiger partial charge in [0.2, 0.25) is 0 Å². The zero-order valence-corrected chi connectivity index (χ0v) is 15.7. The Morgan fingerprint density at radius 1 is 1.36 bits per heavy atom. The molecule has 0 bridgehead atoms. The fourth-order valence-corrected chi connectivity index (χ4v) is 3.86. The molecular weight excluding hydrogens is 366 g/mol. The Kier molecular flexibility index (Phi) is 6.05. The van der Waals surface area contributed by atoms with E-state index in [1.54, 1.807) is 6.07 Å². The van der Waals surface area contributed by atoms with Crippen LogP contribution in [0.2, 0.25) is 0 Å². The van der Waals surface area contributed by atoms with E-state index in [9.17, 15) is 24.8 Å². The first-order valence-electron chi connectivity index (χ1n) is 9.31. The van der Waals surface area contributed by atoms with E-state index in [-0.39, 0.29) is 16.8 Å². The molecule has 9 nitrogen and oxygen atoms in total. The van der Waals surface area contributed by atoms with Crippen molar-refractivity contribution in [1.82, 2.24) is 4.90 Å². The fourth-order valence-electron chi connectivity index (χ4n) is 3.86. The highest BCUT2D eigenvalue weighted by molar-refractivity contribution is 6.08. The second-order valence-electron chi connectivity index (χ2n) is 7.00. The van der Waals surface area contributed by atoms with Gasteiger partial charge in [0.25, 0.3) is 11.6 Å². The van der Waals surface area contributed by atoms with Crippen LogP contribution >= 0.6 is 0 Å². The van der Waals surface area contributed by atoms with Gasteiger partial charge in [-0.25, -0.2) is 0 Å². The molecule has 1 saturated heterocycles. The monoisotopic (exact) mass is 390 g/mol. The molecule has 0 spiro atoms. The Hall–Kier alpha value is -2.78. The van der Waals surface area contributed by atoms with Crippen molar-refractivity contribution in [3.63, 3.8) is 0 Å². The Morgan fingerprint density at radius 2 is 2.04 bits per heavy atom. The number of morpholine rings is 1. The van der Waals surface area contributed by atoms with Crippen LogP contribution in [0.5, 0.6) is 0 Å². The summed E-state index contributed by atoms with van der Waals surface area (Å²) in [6.45, 7) is 5.55. The maximum absolute atomic E-state index is 12.6. The highest BCUT2D eigenvalue weighted by atomic mass is 16.6. The average molecular weight is 390 g/mol. The minimum Gasteiger partial charge on any atom is -0.503 e. The molecule has 2 aliphatic rings. The molecule has 2 N–H and O–H groups in total. The normalized spacial score (nSPS) is 20.7. The van der Waals surface area contributed by atoms with Crippen molar-refractivity contribution in [2.24, 2.45) is 0 Å². The van der Waals surface area contributed by atoms with Crippen LogP contribution in [0, 0.1) is 10.1 Å². The highest BCUT2D eigenvalue weighted by Crippen LogP contribution is 2.41. The molecule has 2 heterocycles. The molecule has 0 aliphatic carbocycles. The number of nitro groups is 1. The average Bonchev–Trinajstić information content (AvgIpc) is 2.94. The number of carbonyl (C=O) groups is 2. The third-order valence-electron chi connectivity index (χ3n) is 5.24. The molecule has 9 heteroatoms. The number of hydrogen-bond acceptors (Lipinski definition) is 6. The van der Waals surface area contributed by atoms with Gasteiger partial charge in [-0.3, -0.25) is 19.7 Å². The number of ketones is 1. The van der Waals surface area contributed by atoms with Gasteiger partial charge in [0.1, 0.15) is 13.1 Å². The summed E-state index contributed by atoms with van der Waals surface area (Å²) >= 11 is 0. The van der Waals surface area contributed by atoms with Crippen LogP contribution in [0.25, 0.3) is 0 Å². The van der Waals surface area contributed by atoms with Crippen LogP contribution in [0.4, 0.5) is 5.69 Å². The SMILES string of the molecule is CC(=O)C1=C(O)C(=O)N(CCC[NH+]2CCOCC2)[C@H]1c1ccccc1[N+](=O)[O-]. The van der Waals surface area contributed by atoms with Crippen molar-refractivity contribution < 1.29 is 29.3 Å². The third kappa shape index (κ3) is 3.90. The van der Waals surface area contributed by atoms with Crippen LogP contribution in [-0.2, 0) is 14.3 Å². The van der Waals surface area contributed by atoms with Crippen LogP contribution in [0.1, 0.15) is 24.9 Å². The maximum atomic E-state index is 12.6. The van der Waals surface area contributed by atoms with Gasteiger partial charge in [-0.05, 0) is 13.0 Å². The topological polar surface area (TPSA) is 114 Å². The quantitative estimate of drug-likeness (QED) is 0.507. The Labute approximate surface area is 162 Å². The number of aliphatic hydroxyl groups is 1. The summed E-state index contributed by atoms with van der Waals surface area (Å²) < 4.78 is 5.34. The number of benzene rings is 1. The number of quaternary nitrogens is 1. The smallest absolute Gasteiger partial charge is 0.290 e. The number of rotatable bonds is 7. The van der Waals surface area contributed by atoms with E-state index < -0.39 is 28.4 Å². The lowest BCUT2D eigenvalue weighted by Gasteiger charge is -2.28.